The van der Waals surface area contributed by atoms with Gasteiger partial charge in [-0.05, 0) is 55.5 Å². The Morgan fingerprint density at radius 2 is 1.94 bits per heavy atom. The first-order valence-electron chi connectivity index (χ1n) is 11.0. The number of rotatable bonds is 7. The van der Waals surface area contributed by atoms with Crippen LogP contribution < -0.4 is 4.74 Å². The molecular weight excluding hydrogens is 388 g/mol. The van der Waals surface area contributed by atoms with Gasteiger partial charge in [-0.1, -0.05) is 25.1 Å². The first kappa shape index (κ1) is 21.0. The molecule has 0 bridgehead atoms. The Labute approximate surface area is 183 Å². The van der Waals surface area contributed by atoms with Crippen LogP contribution in [0.4, 0.5) is 0 Å². The minimum Gasteiger partial charge on any atom is -0.484 e. The third-order valence-corrected chi connectivity index (χ3v) is 5.58. The Bertz CT molecular complexity index is 995. The number of carbonyl (C=O) groups excluding carboxylic acids is 1. The normalized spacial score (nSPS) is 16.2. The molecule has 160 valence electrons. The second-order valence-corrected chi connectivity index (χ2v) is 7.77. The Hall–Kier alpha value is -3.28. The number of amides is 1. The van der Waals surface area contributed by atoms with Crippen LogP contribution in [0.2, 0.25) is 0 Å². The first-order valence-corrected chi connectivity index (χ1v) is 11.0. The number of piperidine rings is 1. The lowest BCUT2D eigenvalue weighted by atomic mass is 9.94. The molecular formula is C25H28N4O2. The van der Waals surface area contributed by atoms with E-state index in [1.54, 1.807) is 12.4 Å². The van der Waals surface area contributed by atoms with Crippen molar-refractivity contribution in [2.75, 3.05) is 13.2 Å². The topological polar surface area (TPSA) is 68.2 Å². The van der Waals surface area contributed by atoms with E-state index < -0.39 is 0 Å². The SMILES string of the molecule is CCCc1ncc(-c2ccncc2)c(C2CCCCN2C(=O)COc2ccccc2)n1. The average molecular weight is 417 g/mol. The smallest absolute Gasteiger partial charge is 0.261 e. The van der Waals surface area contributed by atoms with Gasteiger partial charge in [0, 0.05) is 37.1 Å². The lowest BCUT2D eigenvalue weighted by Gasteiger charge is -2.36. The quantitative estimate of drug-likeness (QED) is 0.562. The van der Waals surface area contributed by atoms with Gasteiger partial charge < -0.3 is 9.64 Å². The van der Waals surface area contributed by atoms with E-state index in [1.807, 2.05) is 53.6 Å². The van der Waals surface area contributed by atoms with E-state index >= 15 is 0 Å². The van der Waals surface area contributed by atoms with Crippen LogP contribution in [0.25, 0.3) is 11.1 Å². The molecule has 3 heterocycles. The Balaban J connectivity index is 1.63. The summed E-state index contributed by atoms with van der Waals surface area (Å²) >= 11 is 0. The summed E-state index contributed by atoms with van der Waals surface area (Å²) in [6.07, 6.45) is 10.2. The highest BCUT2D eigenvalue weighted by atomic mass is 16.5. The largest absolute Gasteiger partial charge is 0.484 e. The summed E-state index contributed by atoms with van der Waals surface area (Å²) in [4.78, 5) is 28.8. The highest BCUT2D eigenvalue weighted by Gasteiger charge is 2.31. The molecule has 1 amide bonds. The Morgan fingerprint density at radius 1 is 1.13 bits per heavy atom. The highest BCUT2D eigenvalue weighted by molar-refractivity contribution is 5.79. The van der Waals surface area contributed by atoms with Crippen molar-refractivity contribution in [3.05, 3.63) is 72.6 Å². The molecule has 2 aromatic heterocycles. The van der Waals surface area contributed by atoms with Crippen LogP contribution in [0.5, 0.6) is 5.75 Å². The number of hydrogen-bond donors (Lipinski definition) is 0. The van der Waals surface area contributed by atoms with Crippen LogP contribution in [0.1, 0.15) is 50.2 Å². The zero-order valence-corrected chi connectivity index (χ0v) is 17.9. The fraction of sp³-hybridized carbons (Fsp3) is 0.360. The molecule has 3 aromatic rings. The van der Waals surface area contributed by atoms with Crippen LogP contribution >= 0.6 is 0 Å². The van der Waals surface area contributed by atoms with Gasteiger partial charge in [-0.3, -0.25) is 9.78 Å². The molecule has 6 nitrogen and oxygen atoms in total. The van der Waals surface area contributed by atoms with Crippen LogP contribution in [-0.4, -0.2) is 38.9 Å². The number of para-hydroxylation sites is 1. The Kier molecular flexibility index (Phi) is 6.87. The van der Waals surface area contributed by atoms with Gasteiger partial charge in [-0.15, -0.1) is 0 Å². The summed E-state index contributed by atoms with van der Waals surface area (Å²) in [6, 6.07) is 13.3. The number of benzene rings is 1. The van der Waals surface area contributed by atoms with Gasteiger partial charge in [0.25, 0.3) is 5.91 Å². The third kappa shape index (κ3) is 5.08. The molecule has 0 spiro atoms. The van der Waals surface area contributed by atoms with E-state index in [9.17, 15) is 4.79 Å². The van der Waals surface area contributed by atoms with E-state index in [0.717, 1.165) is 54.7 Å². The standard InChI is InChI=1S/C25H28N4O2/c1-2-8-23-27-17-21(19-12-14-26-15-13-19)25(28-23)22-11-6-7-16-29(22)24(30)18-31-20-9-4-3-5-10-20/h3-5,9-10,12-15,17,22H,2,6-8,11,16,18H2,1H3. The summed E-state index contributed by atoms with van der Waals surface area (Å²) < 4.78 is 5.75. The van der Waals surface area contributed by atoms with E-state index in [4.69, 9.17) is 9.72 Å². The molecule has 0 N–H and O–H groups in total. The summed E-state index contributed by atoms with van der Waals surface area (Å²) in [6.45, 7) is 2.86. The van der Waals surface area contributed by atoms with Crippen molar-refractivity contribution < 1.29 is 9.53 Å². The molecule has 1 aromatic carbocycles. The number of ether oxygens (including phenoxy) is 1. The van der Waals surface area contributed by atoms with Crippen molar-refractivity contribution in [3.63, 3.8) is 0 Å². The predicted octanol–water partition coefficient (Wildman–Crippen LogP) is 4.62. The average Bonchev–Trinajstić information content (AvgIpc) is 2.84. The van der Waals surface area contributed by atoms with Gasteiger partial charge in [-0.25, -0.2) is 9.97 Å². The second-order valence-electron chi connectivity index (χ2n) is 7.77. The molecule has 1 aliphatic heterocycles. The van der Waals surface area contributed by atoms with Gasteiger partial charge in [-0.2, -0.15) is 0 Å². The van der Waals surface area contributed by atoms with Crippen LogP contribution in [0.3, 0.4) is 0 Å². The number of aromatic nitrogens is 3. The number of nitrogens with zero attached hydrogens (tertiary/aromatic N) is 4. The van der Waals surface area contributed by atoms with Gasteiger partial charge in [0.15, 0.2) is 6.61 Å². The molecule has 1 saturated heterocycles. The molecule has 1 fully saturated rings. The van der Waals surface area contributed by atoms with E-state index in [2.05, 4.69) is 16.9 Å². The summed E-state index contributed by atoms with van der Waals surface area (Å²) in [5.41, 5.74) is 2.92. The number of hydrogen-bond acceptors (Lipinski definition) is 5. The fourth-order valence-electron chi connectivity index (χ4n) is 4.04. The van der Waals surface area contributed by atoms with Crippen molar-refractivity contribution in [2.24, 2.45) is 0 Å². The third-order valence-electron chi connectivity index (χ3n) is 5.58. The summed E-state index contributed by atoms with van der Waals surface area (Å²) in [5, 5.41) is 0. The fourth-order valence-corrected chi connectivity index (χ4v) is 4.04. The van der Waals surface area contributed by atoms with Crippen LogP contribution in [-0.2, 0) is 11.2 Å². The summed E-state index contributed by atoms with van der Waals surface area (Å²) in [5.74, 6) is 1.52. The highest BCUT2D eigenvalue weighted by Crippen LogP contribution is 2.35. The van der Waals surface area contributed by atoms with Crippen LogP contribution in [0, 0.1) is 0 Å². The molecule has 0 saturated carbocycles. The lowest BCUT2D eigenvalue weighted by molar-refractivity contribution is -0.137. The predicted molar refractivity (Wildman–Crippen MR) is 120 cm³/mol. The summed E-state index contributed by atoms with van der Waals surface area (Å²) in [7, 11) is 0. The molecule has 1 unspecified atom stereocenters. The van der Waals surface area contributed by atoms with E-state index in [-0.39, 0.29) is 18.6 Å². The van der Waals surface area contributed by atoms with Crippen molar-refractivity contribution in [1.82, 2.24) is 19.9 Å². The Morgan fingerprint density at radius 3 is 2.71 bits per heavy atom. The zero-order valence-electron chi connectivity index (χ0n) is 17.9. The maximum atomic E-state index is 13.2. The van der Waals surface area contributed by atoms with Crippen LogP contribution in [0.15, 0.2) is 61.1 Å². The number of likely N-dealkylation sites (tertiary alicyclic amines) is 1. The molecule has 6 heteroatoms. The number of aryl methyl sites for hydroxylation is 1. The minimum atomic E-state index is -0.0811. The lowest BCUT2D eigenvalue weighted by Crippen LogP contribution is -2.41. The first-order chi connectivity index (χ1) is 15.3. The van der Waals surface area contributed by atoms with Gasteiger partial charge in [0.2, 0.25) is 0 Å². The maximum Gasteiger partial charge on any atom is 0.261 e. The van der Waals surface area contributed by atoms with Crippen molar-refractivity contribution in [2.45, 2.75) is 45.1 Å². The van der Waals surface area contributed by atoms with E-state index in [1.165, 1.54) is 0 Å². The molecule has 1 aliphatic rings. The second kappa shape index (κ2) is 10.2. The zero-order chi connectivity index (χ0) is 21.5. The molecule has 0 aliphatic carbocycles. The maximum absolute atomic E-state index is 13.2. The molecule has 4 rings (SSSR count). The van der Waals surface area contributed by atoms with Gasteiger partial charge in [0.1, 0.15) is 11.6 Å². The number of carbonyl (C=O) groups is 1. The molecule has 0 radical (unpaired) electrons. The molecule has 31 heavy (non-hydrogen) atoms. The van der Waals surface area contributed by atoms with Gasteiger partial charge >= 0.3 is 0 Å². The number of pyridine rings is 1. The van der Waals surface area contributed by atoms with Gasteiger partial charge in [0.05, 0.1) is 11.7 Å². The van der Waals surface area contributed by atoms with Crippen molar-refractivity contribution in [1.29, 1.82) is 0 Å². The van der Waals surface area contributed by atoms with E-state index in [0.29, 0.717) is 12.3 Å². The minimum absolute atomic E-state index is 0.00937. The molecule has 1 atom stereocenters. The monoisotopic (exact) mass is 416 g/mol. The van der Waals surface area contributed by atoms with Crippen molar-refractivity contribution in [3.8, 4) is 16.9 Å². The van der Waals surface area contributed by atoms with Crippen molar-refractivity contribution >= 4 is 5.91 Å².